The van der Waals surface area contributed by atoms with E-state index in [2.05, 4.69) is 9.47 Å². The Labute approximate surface area is 86.8 Å². The monoisotopic (exact) mass is 246 g/mol. The first-order valence-electron chi connectivity index (χ1n) is 4.00. The lowest BCUT2D eigenvalue weighted by molar-refractivity contribution is -0.288. The zero-order valence-electron chi connectivity index (χ0n) is 8.19. The predicted molar refractivity (Wildman–Crippen MR) is 40.6 cm³/mol. The Balaban J connectivity index is 3.04. The lowest BCUT2D eigenvalue weighted by Crippen LogP contribution is -2.41. The molecule has 0 amide bonds. The highest BCUT2D eigenvalue weighted by Gasteiger charge is 2.64. The molecule has 0 radical (unpaired) electrons. The van der Waals surface area contributed by atoms with Gasteiger partial charge in [0, 0.05) is 20.1 Å². The van der Waals surface area contributed by atoms with Crippen LogP contribution in [0.25, 0.3) is 0 Å². The van der Waals surface area contributed by atoms with Gasteiger partial charge in [0.2, 0.25) is 5.78 Å². The Morgan fingerprint density at radius 1 is 1.31 bits per heavy atom. The van der Waals surface area contributed by atoms with E-state index in [0.717, 1.165) is 14.0 Å². The fourth-order valence-corrected chi connectivity index (χ4v) is 0.976. The number of ketones is 1. The summed E-state index contributed by atoms with van der Waals surface area (Å²) in [5.74, 6) is -10.2. The van der Waals surface area contributed by atoms with Crippen LogP contribution in [0.1, 0.15) is 6.92 Å². The normalized spacial score (nSPS) is 26.7. The van der Waals surface area contributed by atoms with Crippen LogP contribution in [0, 0.1) is 0 Å². The van der Waals surface area contributed by atoms with E-state index in [1.54, 1.807) is 0 Å². The van der Waals surface area contributed by atoms with E-state index < -0.39 is 29.4 Å². The van der Waals surface area contributed by atoms with Crippen LogP contribution in [-0.4, -0.2) is 30.8 Å². The number of rotatable bonds is 2. The predicted octanol–water partition coefficient (Wildman–Crippen LogP) is 2.03. The second kappa shape index (κ2) is 3.41. The maximum absolute atomic E-state index is 12.8. The molecule has 1 unspecified atom stereocenters. The highest BCUT2D eigenvalue weighted by atomic mass is 19.4. The third-order valence-corrected chi connectivity index (χ3v) is 2.07. The number of allylic oxidation sites excluding steroid dienone is 1. The van der Waals surface area contributed by atoms with Crippen molar-refractivity contribution in [3.8, 4) is 0 Å². The molecule has 0 aromatic rings. The second-order valence-electron chi connectivity index (χ2n) is 3.20. The van der Waals surface area contributed by atoms with Gasteiger partial charge in [-0.15, -0.1) is 0 Å². The average Bonchev–Trinajstić information content (AvgIpc) is 2.43. The number of hydrogen-bond acceptors (Lipinski definition) is 3. The maximum Gasteiger partial charge on any atom is 0.461 e. The lowest BCUT2D eigenvalue weighted by atomic mass is 10.2. The van der Waals surface area contributed by atoms with Crippen molar-refractivity contribution in [2.75, 3.05) is 7.11 Å². The molecule has 1 rings (SSSR count). The highest BCUT2D eigenvalue weighted by Crippen LogP contribution is 2.45. The molecule has 0 bridgehead atoms. The average molecular weight is 246 g/mol. The molecule has 0 aliphatic carbocycles. The molecular formula is C8H7F5O3. The molecule has 0 aromatic heterocycles. The number of halogens is 5. The Morgan fingerprint density at radius 3 is 2.12 bits per heavy atom. The molecule has 3 nitrogen and oxygen atoms in total. The minimum absolute atomic E-state index is 0.0942. The van der Waals surface area contributed by atoms with Crippen LogP contribution < -0.4 is 0 Å². The molecule has 8 heteroatoms. The van der Waals surface area contributed by atoms with Crippen LogP contribution in [0.2, 0.25) is 0 Å². The Morgan fingerprint density at radius 2 is 1.81 bits per heavy atom. The minimum atomic E-state index is -5.82. The van der Waals surface area contributed by atoms with Crippen LogP contribution in [-0.2, 0) is 14.3 Å². The maximum atomic E-state index is 12.8. The third kappa shape index (κ3) is 1.77. The van der Waals surface area contributed by atoms with E-state index in [4.69, 9.17) is 0 Å². The van der Waals surface area contributed by atoms with Gasteiger partial charge < -0.3 is 9.47 Å². The number of carbonyl (C=O) groups excluding carboxylic acids is 1. The highest BCUT2D eigenvalue weighted by molar-refractivity contribution is 5.98. The Bertz CT molecular complexity index is 346. The number of methoxy groups -OCH3 is 1. The molecular weight excluding hydrogens is 239 g/mol. The standard InChI is InChI=1S/C8H7F5O3/c1-6(15-2)4(14)3-5(16-6)7(9,10)8(11,12)13/h3H,1-2H3. The van der Waals surface area contributed by atoms with Crippen LogP contribution in [0.5, 0.6) is 0 Å². The fourth-order valence-electron chi connectivity index (χ4n) is 0.976. The molecule has 0 saturated heterocycles. The molecule has 0 fully saturated rings. The van der Waals surface area contributed by atoms with Gasteiger partial charge >= 0.3 is 12.1 Å². The smallest absolute Gasteiger partial charge is 0.452 e. The van der Waals surface area contributed by atoms with Crippen LogP contribution in [0.15, 0.2) is 11.8 Å². The summed E-state index contributed by atoms with van der Waals surface area (Å²) in [5, 5.41) is 0. The zero-order chi connectivity index (χ0) is 12.8. The molecule has 0 saturated carbocycles. The van der Waals surface area contributed by atoms with Crippen LogP contribution >= 0.6 is 0 Å². The van der Waals surface area contributed by atoms with Gasteiger partial charge in [0.25, 0.3) is 5.79 Å². The van der Waals surface area contributed by atoms with Crippen molar-refractivity contribution in [3.05, 3.63) is 11.8 Å². The van der Waals surface area contributed by atoms with Crippen molar-refractivity contribution < 1.29 is 36.2 Å². The minimum Gasteiger partial charge on any atom is -0.452 e. The van der Waals surface area contributed by atoms with Gasteiger partial charge in [-0.3, -0.25) is 4.79 Å². The van der Waals surface area contributed by atoms with Crippen molar-refractivity contribution in [2.24, 2.45) is 0 Å². The van der Waals surface area contributed by atoms with Crippen LogP contribution in [0.3, 0.4) is 0 Å². The summed E-state index contributed by atoms with van der Waals surface area (Å²) in [6, 6.07) is 0. The molecule has 0 aromatic carbocycles. The molecule has 0 N–H and O–H groups in total. The van der Waals surface area contributed by atoms with Crippen molar-refractivity contribution in [1.82, 2.24) is 0 Å². The van der Waals surface area contributed by atoms with E-state index in [0.29, 0.717) is 0 Å². The number of hydrogen-bond donors (Lipinski definition) is 0. The molecule has 1 heterocycles. The number of ether oxygens (including phenoxy) is 2. The van der Waals surface area contributed by atoms with E-state index >= 15 is 0 Å². The molecule has 0 spiro atoms. The Hall–Kier alpha value is -1.18. The topological polar surface area (TPSA) is 35.5 Å². The Kier molecular flexibility index (Phi) is 2.74. The van der Waals surface area contributed by atoms with Gasteiger partial charge in [0.15, 0.2) is 5.76 Å². The molecule has 16 heavy (non-hydrogen) atoms. The number of carbonyl (C=O) groups is 1. The third-order valence-electron chi connectivity index (χ3n) is 2.07. The molecule has 1 aliphatic heterocycles. The molecule has 92 valence electrons. The van der Waals surface area contributed by atoms with E-state index in [1.165, 1.54) is 0 Å². The SMILES string of the molecule is COC1(C)OC(C(F)(F)C(F)(F)F)=CC1=O. The number of alkyl halides is 5. The zero-order valence-corrected chi connectivity index (χ0v) is 8.19. The summed E-state index contributed by atoms with van der Waals surface area (Å²) in [7, 11) is 0.959. The van der Waals surface area contributed by atoms with Gasteiger partial charge in [-0.05, 0) is 0 Å². The van der Waals surface area contributed by atoms with Crippen LogP contribution in [0.4, 0.5) is 22.0 Å². The van der Waals surface area contributed by atoms with Gasteiger partial charge in [0.05, 0.1) is 0 Å². The van der Waals surface area contributed by atoms with Gasteiger partial charge in [-0.1, -0.05) is 0 Å². The van der Waals surface area contributed by atoms with Gasteiger partial charge in [-0.25, -0.2) is 0 Å². The first kappa shape index (κ1) is 12.9. The van der Waals surface area contributed by atoms with E-state index in [9.17, 15) is 26.7 Å². The van der Waals surface area contributed by atoms with Gasteiger partial charge in [0.1, 0.15) is 0 Å². The second-order valence-corrected chi connectivity index (χ2v) is 3.20. The first-order valence-corrected chi connectivity index (χ1v) is 4.00. The first-order chi connectivity index (χ1) is 7.04. The van der Waals surface area contributed by atoms with Crippen molar-refractivity contribution >= 4 is 5.78 Å². The van der Waals surface area contributed by atoms with E-state index in [-0.39, 0.29) is 6.08 Å². The summed E-state index contributed by atoms with van der Waals surface area (Å²) >= 11 is 0. The lowest BCUT2D eigenvalue weighted by Gasteiger charge is -2.25. The summed E-state index contributed by atoms with van der Waals surface area (Å²) in [6.45, 7) is 0.950. The van der Waals surface area contributed by atoms with Gasteiger partial charge in [-0.2, -0.15) is 22.0 Å². The van der Waals surface area contributed by atoms with Crippen molar-refractivity contribution in [3.63, 3.8) is 0 Å². The molecule has 1 atom stereocenters. The summed E-state index contributed by atoms with van der Waals surface area (Å²) in [5.41, 5.74) is 0. The van der Waals surface area contributed by atoms with Crippen molar-refractivity contribution in [2.45, 2.75) is 24.8 Å². The van der Waals surface area contributed by atoms with E-state index in [1.807, 2.05) is 0 Å². The molecule has 1 aliphatic rings. The summed E-state index contributed by atoms with van der Waals surface area (Å²) < 4.78 is 70.0. The summed E-state index contributed by atoms with van der Waals surface area (Å²) in [6.07, 6.45) is -5.73. The quantitative estimate of drug-likeness (QED) is 0.699. The fraction of sp³-hybridized carbons (Fsp3) is 0.625. The largest absolute Gasteiger partial charge is 0.461 e. The van der Waals surface area contributed by atoms with Crippen molar-refractivity contribution in [1.29, 1.82) is 0 Å². The summed E-state index contributed by atoms with van der Waals surface area (Å²) in [4.78, 5) is 11.1.